The lowest BCUT2D eigenvalue weighted by molar-refractivity contribution is -0.126. The zero-order valence-electron chi connectivity index (χ0n) is 21.2. The van der Waals surface area contributed by atoms with E-state index in [9.17, 15) is 14.3 Å². The minimum Gasteiger partial charge on any atom is -0.490 e. The topological polar surface area (TPSA) is 67.8 Å². The summed E-state index contributed by atoms with van der Waals surface area (Å²) in [5.74, 6) is 1.85. The first-order valence-electron chi connectivity index (χ1n) is 13.6. The van der Waals surface area contributed by atoms with Crippen molar-refractivity contribution < 1.29 is 23.8 Å². The van der Waals surface area contributed by atoms with Crippen molar-refractivity contribution in [3.8, 4) is 11.5 Å². The molecule has 2 aliphatic carbocycles. The third-order valence-electron chi connectivity index (χ3n) is 8.39. The van der Waals surface area contributed by atoms with E-state index in [1.54, 1.807) is 13.0 Å². The maximum absolute atomic E-state index is 14.0. The number of amides is 1. The Morgan fingerprint density at radius 3 is 2.69 bits per heavy atom. The van der Waals surface area contributed by atoms with Crippen LogP contribution in [0.1, 0.15) is 80.6 Å². The maximum atomic E-state index is 14.0. The van der Waals surface area contributed by atoms with E-state index in [0.717, 1.165) is 86.8 Å². The van der Waals surface area contributed by atoms with E-state index in [1.807, 2.05) is 18.2 Å². The Bertz CT molecular complexity index is 1060. The second-order valence-corrected chi connectivity index (χ2v) is 10.8. The van der Waals surface area contributed by atoms with Crippen LogP contribution in [0.5, 0.6) is 11.5 Å². The lowest BCUT2D eigenvalue weighted by Crippen LogP contribution is -2.40. The Hall–Kier alpha value is -2.60. The number of hydrogen-bond acceptors (Lipinski definition) is 4. The standard InChI is InChI=1S/C30H38FNO4/c1-19-25(6-4-7-26(19)31)29-15-11-21-17-24(14-16-28(21)36-29)35-23-12-9-20(10-13-23)30(34)32-18-22-5-2-3-8-27(22)33/h4,6-7,14,16-17,20,22-23,27,29,33H,2-3,5,8-13,15,18H2,1H3,(H,32,34)/t20?,22-,23?,27+,29?/m0/s1. The fraction of sp³-hybridized carbons (Fsp3) is 0.567. The van der Waals surface area contributed by atoms with E-state index in [-0.39, 0.29) is 41.9 Å². The molecule has 2 fully saturated rings. The number of carbonyl (C=O) groups is 1. The van der Waals surface area contributed by atoms with Crippen molar-refractivity contribution in [2.24, 2.45) is 11.8 Å². The number of nitrogens with one attached hydrogen (secondary N) is 1. The smallest absolute Gasteiger partial charge is 0.223 e. The summed E-state index contributed by atoms with van der Waals surface area (Å²) in [4.78, 5) is 12.7. The van der Waals surface area contributed by atoms with Gasteiger partial charge in [0.2, 0.25) is 5.91 Å². The Morgan fingerprint density at radius 1 is 1.08 bits per heavy atom. The van der Waals surface area contributed by atoms with Crippen LogP contribution in [0, 0.1) is 24.6 Å². The highest BCUT2D eigenvalue weighted by Gasteiger charge is 2.30. The molecule has 0 saturated heterocycles. The molecule has 2 saturated carbocycles. The molecule has 194 valence electrons. The number of halogens is 1. The molecule has 0 bridgehead atoms. The zero-order valence-corrected chi connectivity index (χ0v) is 21.2. The lowest BCUT2D eigenvalue weighted by atomic mass is 9.85. The van der Waals surface area contributed by atoms with Gasteiger partial charge >= 0.3 is 0 Å². The average molecular weight is 496 g/mol. The molecular weight excluding hydrogens is 457 g/mol. The molecule has 3 atom stereocenters. The molecule has 1 amide bonds. The van der Waals surface area contributed by atoms with Gasteiger partial charge in [-0.3, -0.25) is 4.79 Å². The number of ether oxygens (including phenoxy) is 2. The summed E-state index contributed by atoms with van der Waals surface area (Å²) in [5.41, 5.74) is 2.69. The largest absolute Gasteiger partial charge is 0.490 e. The van der Waals surface area contributed by atoms with Crippen molar-refractivity contribution in [2.75, 3.05) is 6.54 Å². The number of aryl methyl sites for hydroxylation is 1. The first-order valence-corrected chi connectivity index (χ1v) is 13.6. The fourth-order valence-electron chi connectivity index (χ4n) is 6.07. The number of aliphatic hydroxyl groups excluding tert-OH is 1. The van der Waals surface area contributed by atoms with Crippen molar-refractivity contribution in [1.29, 1.82) is 0 Å². The molecule has 2 aromatic rings. The van der Waals surface area contributed by atoms with Crippen LogP contribution < -0.4 is 14.8 Å². The van der Waals surface area contributed by atoms with E-state index in [2.05, 4.69) is 11.4 Å². The highest BCUT2D eigenvalue weighted by atomic mass is 19.1. The summed E-state index contributed by atoms with van der Waals surface area (Å²) in [7, 11) is 0. The molecule has 1 aliphatic heterocycles. The van der Waals surface area contributed by atoms with Gasteiger partial charge in [0.05, 0.1) is 12.2 Å². The number of benzene rings is 2. The molecule has 6 heteroatoms. The number of fused-ring (bicyclic) bond motifs is 1. The maximum Gasteiger partial charge on any atom is 0.223 e. The number of carbonyl (C=O) groups excluding carboxylic acids is 1. The first-order chi connectivity index (χ1) is 17.5. The van der Waals surface area contributed by atoms with Crippen molar-refractivity contribution in [3.05, 3.63) is 58.9 Å². The molecule has 1 heterocycles. The van der Waals surface area contributed by atoms with Crippen LogP contribution in [-0.4, -0.2) is 29.8 Å². The van der Waals surface area contributed by atoms with Gasteiger partial charge in [0.15, 0.2) is 0 Å². The molecular formula is C30H38FNO4. The quantitative estimate of drug-likeness (QED) is 0.531. The third-order valence-corrected chi connectivity index (χ3v) is 8.39. The number of hydrogen-bond donors (Lipinski definition) is 2. The van der Waals surface area contributed by atoms with Gasteiger partial charge in [0.25, 0.3) is 0 Å². The molecule has 1 unspecified atom stereocenters. The summed E-state index contributed by atoms with van der Waals surface area (Å²) in [5, 5.41) is 13.2. The van der Waals surface area contributed by atoms with Gasteiger partial charge in [-0.05, 0) is 99.2 Å². The number of aliphatic hydroxyl groups is 1. The molecule has 0 aromatic heterocycles. The van der Waals surface area contributed by atoms with E-state index >= 15 is 0 Å². The molecule has 2 N–H and O–H groups in total. The Kier molecular flexibility index (Phi) is 7.80. The van der Waals surface area contributed by atoms with Gasteiger partial charge < -0.3 is 19.9 Å². The second-order valence-electron chi connectivity index (χ2n) is 10.8. The van der Waals surface area contributed by atoms with Gasteiger partial charge in [0, 0.05) is 18.4 Å². The van der Waals surface area contributed by atoms with Crippen molar-refractivity contribution in [3.63, 3.8) is 0 Å². The molecule has 3 aliphatic rings. The van der Waals surface area contributed by atoms with Crippen LogP contribution in [0.3, 0.4) is 0 Å². The van der Waals surface area contributed by atoms with E-state index in [1.165, 1.54) is 6.07 Å². The Labute approximate surface area is 213 Å². The predicted molar refractivity (Wildman–Crippen MR) is 137 cm³/mol. The van der Waals surface area contributed by atoms with Gasteiger partial charge in [-0.1, -0.05) is 25.0 Å². The van der Waals surface area contributed by atoms with E-state index in [4.69, 9.17) is 9.47 Å². The zero-order chi connectivity index (χ0) is 25.1. The highest BCUT2D eigenvalue weighted by molar-refractivity contribution is 5.78. The summed E-state index contributed by atoms with van der Waals surface area (Å²) >= 11 is 0. The normalized spacial score (nSPS) is 28.0. The monoisotopic (exact) mass is 495 g/mol. The first kappa shape index (κ1) is 25.1. The summed E-state index contributed by atoms with van der Waals surface area (Å²) in [6.07, 6.45) is 8.81. The lowest BCUT2D eigenvalue weighted by Gasteiger charge is -2.31. The molecule has 2 aromatic carbocycles. The van der Waals surface area contributed by atoms with Crippen molar-refractivity contribution in [2.45, 2.75) is 89.4 Å². The van der Waals surface area contributed by atoms with Crippen LogP contribution in [0.4, 0.5) is 4.39 Å². The summed E-state index contributed by atoms with van der Waals surface area (Å²) < 4.78 is 26.5. The minimum absolute atomic E-state index is 0.0331. The molecule has 0 radical (unpaired) electrons. The van der Waals surface area contributed by atoms with Gasteiger partial charge in [-0.15, -0.1) is 0 Å². The fourth-order valence-corrected chi connectivity index (χ4v) is 6.07. The van der Waals surface area contributed by atoms with Crippen LogP contribution in [0.25, 0.3) is 0 Å². The number of rotatable bonds is 6. The highest BCUT2D eigenvalue weighted by Crippen LogP contribution is 2.38. The predicted octanol–water partition coefficient (Wildman–Crippen LogP) is 5.81. The van der Waals surface area contributed by atoms with Gasteiger partial charge in [0.1, 0.15) is 23.4 Å². The SMILES string of the molecule is Cc1c(F)cccc1C1CCc2cc(OC3CCC(C(=O)NC[C@@H]4CCCC[C@H]4O)CC3)ccc2O1. The second kappa shape index (κ2) is 11.2. The Balaban J connectivity index is 1.10. The Morgan fingerprint density at radius 2 is 1.89 bits per heavy atom. The third kappa shape index (κ3) is 5.69. The molecule has 0 spiro atoms. The molecule has 36 heavy (non-hydrogen) atoms. The molecule has 5 rings (SSSR count). The van der Waals surface area contributed by atoms with Crippen LogP contribution in [-0.2, 0) is 11.2 Å². The van der Waals surface area contributed by atoms with Crippen LogP contribution in [0.15, 0.2) is 36.4 Å². The average Bonchev–Trinajstić information content (AvgIpc) is 2.90. The molecule has 5 nitrogen and oxygen atoms in total. The van der Waals surface area contributed by atoms with Crippen LogP contribution in [0.2, 0.25) is 0 Å². The van der Waals surface area contributed by atoms with Gasteiger partial charge in [-0.25, -0.2) is 4.39 Å². The van der Waals surface area contributed by atoms with E-state index in [0.29, 0.717) is 12.1 Å². The van der Waals surface area contributed by atoms with Crippen molar-refractivity contribution in [1.82, 2.24) is 5.32 Å². The summed E-state index contributed by atoms with van der Waals surface area (Å²) in [6, 6.07) is 11.2. The van der Waals surface area contributed by atoms with Crippen LogP contribution >= 0.6 is 0 Å². The minimum atomic E-state index is -0.276. The van der Waals surface area contributed by atoms with Gasteiger partial charge in [-0.2, -0.15) is 0 Å². The van der Waals surface area contributed by atoms with Crippen molar-refractivity contribution >= 4 is 5.91 Å². The summed E-state index contributed by atoms with van der Waals surface area (Å²) in [6.45, 7) is 2.40. The van der Waals surface area contributed by atoms with E-state index < -0.39 is 0 Å².